The molecule has 0 radical (unpaired) electrons. The Morgan fingerprint density at radius 3 is 2.71 bits per heavy atom. The van der Waals surface area contributed by atoms with Crippen molar-refractivity contribution in [3.05, 3.63) is 59.1 Å². The highest BCUT2D eigenvalue weighted by Crippen LogP contribution is 2.38. The van der Waals surface area contributed by atoms with Crippen LogP contribution in [0.15, 0.2) is 47.8 Å². The molecule has 0 aliphatic carbocycles. The van der Waals surface area contributed by atoms with E-state index in [1.807, 2.05) is 29.6 Å². The van der Waals surface area contributed by atoms with E-state index >= 15 is 0 Å². The molecule has 1 N–H and O–H groups in total. The van der Waals surface area contributed by atoms with Crippen LogP contribution in [-0.4, -0.2) is 35.7 Å². The third kappa shape index (κ3) is 3.27. The molecule has 158 valence electrons. The van der Waals surface area contributed by atoms with Gasteiger partial charge in [0.25, 0.3) is 5.91 Å². The number of urea groups is 1. The van der Waals surface area contributed by atoms with E-state index in [0.717, 1.165) is 16.3 Å². The Morgan fingerprint density at radius 1 is 1.16 bits per heavy atom. The Kier molecular flexibility index (Phi) is 4.55. The highest BCUT2D eigenvalue weighted by atomic mass is 32.1. The zero-order valence-corrected chi connectivity index (χ0v) is 17.7. The van der Waals surface area contributed by atoms with E-state index in [0.29, 0.717) is 22.8 Å². The van der Waals surface area contributed by atoms with Crippen molar-refractivity contribution in [1.29, 1.82) is 0 Å². The molecule has 1 atom stereocenters. The fraction of sp³-hybridized carbons (Fsp3) is 0.227. The second kappa shape index (κ2) is 7.28. The number of nitrogens with zero attached hydrogens (tertiary/aromatic N) is 2. The van der Waals surface area contributed by atoms with Gasteiger partial charge in [0, 0.05) is 10.9 Å². The lowest BCUT2D eigenvalue weighted by molar-refractivity contribution is -0.131. The zero-order chi connectivity index (χ0) is 21.6. The Hall–Kier alpha value is -3.59. The van der Waals surface area contributed by atoms with E-state index in [4.69, 9.17) is 14.2 Å². The molecule has 3 heterocycles. The van der Waals surface area contributed by atoms with Crippen LogP contribution in [0.2, 0.25) is 0 Å². The summed E-state index contributed by atoms with van der Waals surface area (Å²) >= 11 is 1.46. The van der Waals surface area contributed by atoms with Crippen molar-refractivity contribution in [3.63, 3.8) is 0 Å². The van der Waals surface area contributed by atoms with Crippen LogP contribution >= 0.6 is 11.3 Å². The van der Waals surface area contributed by atoms with Gasteiger partial charge in [-0.1, -0.05) is 6.07 Å². The molecule has 1 saturated heterocycles. The summed E-state index contributed by atoms with van der Waals surface area (Å²) in [5.74, 6) is 1.61. The zero-order valence-electron chi connectivity index (χ0n) is 16.9. The average Bonchev–Trinajstić information content (AvgIpc) is 3.49. The van der Waals surface area contributed by atoms with Gasteiger partial charge in [-0.2, -0.15) is 0 Å². The van der Waals surface area contributed by atoms with Gasteiger partial charge >= 0.3 is 6.03 Å². The second-order valence-electron chi connectivity index (χ2n) is 7.39. The number of carbonyl (C=O) groups is 2. The van der Waals surface area contributed by atoms with Gasteiger partial charge in [0.1, 0.15) is 16.3 Å². The van der Waals surface area contributed by atoms with Gasteiger partial charge in [0.2, 0.25) is 6.79 Å². The average molecular weight is 437 g/mol. The van der Waals surface area contributed by atoms with Crippen LogP contribution in [0.3, 0.4) is 0 Å². The first-order valence-corrected chi connectivity index (χ1v) is 10.5. The molecule has 2 aliphatic heterocycles. The van der Waals surface area contributed by atoms with Crippen molar-refractivity contribution in [2.45, 2.75) is 19.0 Å². The summed E-state index contributed by atoms with van der Waals surface area (Å²) in [4.78, 5) is 31.7. The number of methoxy groups -OCH3 is 1. The van der Waals surface area contributed by atoms with Crippen LogP contribution in [0, 0.1) is 0 Å². The van der Waals surface area contributed by atoms with E-state index in [1.54, 1.807) is 32.2 Å². The van der Waals surface area contributed by atoms with E-state index in [2.05, 4.69) is 10.3 Å². The van der Waals surface area contributed by atoms with Crippen molar-refractivity contribution >= 4 is 23.3 Å². The number of hydrogen-bond acceptors (Lipinski definition) is 7. The molecule has 9 heteroatoms. The number of nitrogens with one attached hydrogen (secondary N) is 1. The topological polar surface area (TPSA) is 90.0 Å². The molecule has 3 aromatic rings. The van der Waals surface area contributed by atoms with Gasteiger partial charge < -0.3 is 19.5 Å². The van der Waals surface area contributed by atoms with Crippen LogP contribution in [0.25, 0.3) is 10.6 Å². The summed E-state index contributed by atoms with van der Waals surface area (Å²) in [6.07, 6.45) is 0. The molecular formula is C22H19N3O5S. The Bertz CT molecular complexity index is 1180. The number of imide groups is 1. The van der Waals surface area contributed by atoms with E-state index in [-0.39, 0.29) is 19.2 Å². The summed E-state index contributed by atoms with van der Waals surface area (Å²) in [6.45, 7) is 1.92. The van der Waals surface area contributed by atoms with E-state index in [9.17, 15) is 9.59 Å². The van der Waals surface area contributed by atoms with Gasteiger partial charge in [-0.05, 0) is 48.9 Å². The fourth-order valence-corrected chi connectivity index (χ4v) is 4.47. The van der Waals surface area contributed by atoms with Gasteiger partial charge in [-0.25, -0.2) is 9.78 Å². The number of hydrogen-bond donors (Lipinski definition) is 1. The molecule has 3 amide bonds. The number of fused-ring (bicyclic) bond motifs is 1. The number of amides is 3. The summed E-state index contributed by atoms with van der Waals surface area (Å²) < 4.78 is 15.9. The molecular weight excluding hydrogens is 418 g/mol. The second-order valence-corrected chi connectivity index (χ2v) is 8.25. The van der Waals surface area contributed by atoms with Crippen molar-refractivity contribution in [3.8, 4) is 27.8 Å². The predicted octanol–water partition coefficient (Wildman–Crippen LogP) is 3.51. The number of rotatable bonds is 5. The third-order valence-corrected chi connectivity index (χ3v) is 6.37. The minimum absolute atomic E-state index is 0.0947. The predicted molar refractivity (Wildman–Crippen MR) is 113 cm³/mol. The summed E-state index contributed by atoms with van der Waals surface area (Å²) in [7, 11) is 1.62. The minimum atomic E-state index is -1.19. The lowest BCUT2D eigenvalue weighted by Crippen LogP contribution is -2.40. The van der Waals surface area contributed by atoms with Crippen LogP contribution in [0.5, 0.6) is 17.2 Å². The molecule has 31 heavy (non-hydrogen) atoms. The Labute approximate surface area is 182 Å². The maximum absolute atomic E-state index is 13.2. The molecule has 0 bridgehead atoms. The van der Waals surface area contributed by atoms with Crippen LogP contribution in [0.4, 0.5) is 4.79 Å². The largest absolute Gasteiger partial charge is 0.497 e. The fourth-order valence-electron chi connectivity index (χ4n) is 3.65. The van der Waals surface area contributed by atoms with E-state index < -0.39 is 11.6 Å². The SMILES string of the molecule is COc1ccc(-c2nc(CN3C(=O)N[C@](C)(c4ccc5c(c4)OCO5)C3=O)cs2)cc1. The molecule has 2 aromatic carbocycles. The van der Waals surface area contributed by atoms with E-state index in [1.165, 1.54) is 16.2 Å². The summed E-state index contributed by atoms with van der Waals surface area (Å²) in [6, 6.07) is 12.4. The lowest BCUT2D eigenvalue weighted by Gasteiger charge is -2.22. The lowest BCUT2D eigenvalue weighted by atomic mass is 9.91. The minimum Gasteiger partial charge on any atom is -0.497 e. The van der Waals surface area contributed by atoms with Crippen LogP contribution < -0.4 is 19.5 Å². The third-order valence-electron chi connectivity index (χ3n) is 5.43. The van der Waals surface area contributed by atoms with Crippen molar-refractivity contribution in [2.24, 2.45) is 0 Å². The molecule has 1 fully saturated rings. The van der Waals surface area contributed by atoms with Crippen molar-refractivity contribution in [2.75, 3.05) is 13.9 Å². The molecule has 5 rings (SSSR count). The molecule has 1 aromatic heterocycles. The Balaban J connectivity index is 1.36. The number of carbonyl (C=O) groups excluding carboxylic acids is 2. The molecule has 8 nitrogen and oxygen atoms in total. The van der Waals surface area contributed by atoms with Gasteiger partial charge in [-0.15, -0.1) is 11.3 Å². The number of ether oxygens (including phenoxy) is 3. The number of thiazole rings is 1. The van der Waals surface area contributed by atoms with Crippen LogP contribution in [-0.2, 0) is 16.9 Å². The maximum Gasteiger partial charge on any atom is 0.325 e. The van der Waals surface area contributed by atoms with Crippen molar-refractivity contribution in [1.82, 2.24) is 15.2 Å². The normalized spacial score (nSPS) is 19.6. The molecule has 2 aliphatic rings. The highest BCUT2D eigenvalue weighted by Gasteiger charge is 2.49. The van der Waals surface area contributed by atoms with Crippen molar-refractivity contribution < 1.29 is 23.8 Å². The first-order chi connectivity index (χ1) is 15.0. The summed E-state index contributed by atoms with van der Waals surface area (Å²) in [5, 5.41) is 5.48. The van der Waals surface area contributed by atoms with Crippen LogP contribution in [0.1, 0.15) is 18.2 Å². The smallest absolute Gasteiger partial charge is 0.325 e. The standard InChI is InChI=1S/C22H19N3O5S/c1-22(14-5-8-17-18(9-14)30-12-29-17)20(26)25(21(27)24-22)10-15-11-31-19(23-15)13-3-6-16(28-2)7-4-13/h3-9,11H,10,12H2,1-2H3,(H,24,27)/t22-/m1/s1. The van der Waals surface area contributed by atoms with Gasteiger partial charge in [0.15, 0.2) is 11.5 Å². The first kappa shape index (κ1) is 19.4. The molecule has 0 saturated carbocycles. The number of benzene rings is 2. The highest BCUT2D eigenvalue weighted by molar-refractivity contribution is 7.13. The quantitative estimate of drug-likeness (QED) is 0.615. The monoisotopic (exact) mass is 437 g/mol. The Morgan fingerprint density at radius 2 is 1.94 bits per heavy atom. The molecule has 0 unspecified atom stereocenters. The number of aromatic nitrogens is 1. The van der Waals surface area contributed by atoms with Gasteiger partial charge in [0.05, 0.1) is 19.3 Å². The maximum atomic E-state index is 13.2. The van der Waals surface area contributed by atoms with Gasteiger partial charge in [-0.3, -0.25) is 9.69 Å². The first-order valence-electron chi connectivity index (χ1n) is 9.61. The molecule has 0 spiro atoms. The summed E-state index contributed by atoms with van der Waals surface area (Å²) in [5.41, 5.74) is 1.04.